The number of fused-ring (bicyclic) bond motifs is 4. The molecule has 0 spiro atoms. The van der Waals surface area contributed by atoms with Crippen molar-refractivity contribution in [1.82, 2.24) is 5.32 Å². The van der Waals surface area contributed by atoms with Gasteiger partial charge in [0.2, 0.25) is 0 Å². The standard InChI is InChI=1S/C30H50N2O3/c1-19-8-9-23-26(2,3)24(34)10-11-28(23,5)17-20(33)16-21-22-18-29(6,32-25(31)35)14-12-27(22,4)13-15-30(19,21)7/h16,19,22-24,34H,8-15,17-18H2,1-7H3,(H3,31,32,35). The average molecular weight is 487 g/mol. The molecule has 0 heterocycles. The van der Waals surface area contributed by atoms with Crippen LogP contribution in [0.4, 0.5) is 4.79 Å². The summed E-state index contributed by atoms with van der Waals surface area (Å²) in [6.45, 7) is 16.0. The first kappa shape index (κ1) is 26.7. The number of allylic oxidation sites excluding steroid dienone is 2. The zero-order chi connectivity index (χ0) is 26.0. The molecule has 0 aliphatic heterocycles. The predicted molar refractivity (Wildman–Crippen MR) is 141 cm³/mol. The Morgan fingerprint density at radius 2 is 1.63 bits per heavy atom. The largest absolute Gasteiger partial charge is 0.393 e. The number of carbonyl (C=O) groups is 2. The molecule has 4 aliphatic carbocycles. The Balaban J connectivity index is 1.76. The number of aliphatic hydroxyl groups excluding tert-OH is 1. The van der Waals surface area contributed by atoms with Crippen molar-refractivity contribution in [2.75, 3.05) is 0 Å². The van der Waals surface area contributed by atoms with Crippen LogP contribution < -0.4 is 11.1 Å². The van der Waals surface area contributed by atoms with Gasteiger partial charge < -0.3 is 16.2 Å². The molecule has 0 radical (unpaired) electrons. The minimum absolute atomic E-state index is 0.0318. The van der Waals surface area contributed by atoms with E-state index in [0.29, 0.717) is 18.3 Å². The fourth-order valence-electron chi connectivity index (χ4n) is 9.05. The van der Waals surface area contributed by atoms with Gasteiger partial charge in [-0.3, -0.25) is 4.79 Å². The molecule has 35 heavy (non-hydrogen) atoms. The van der Waals surface area contributed by atoms with E-state index in [1.54, 1.807) is 0 Å². The van der Waals surface area contributed by atoms with Gasteiger partial charge in [-0.15, -0.1) is 0 Å². The third-order valence-electron chi connectivity index (χ3n) is 11.9. The van der Waals surface area contributed by atoms with Gasteiger partial charge in [-0.25, -0.2) is 4.79 Å². The Morgan fingerprint density at radius 1 is 0.971 bits per heavy atom. The third kappa shape index (κ3) is 4.49. The molecule has 3 saturated carbocycles. The quantitative estimate of drug-likeness (QED) is 0.416. The second-order valence-corrected chi connectivity index (χ2v) is 14.7. The molecule has 0 aromatic heterocycles. The van der Waals surface area contributed by atoms with E-state index in [1.165, 1.54) is 5.57 Å². The molecule has 0 bridgehead atoms. The maximum Gasteiger partial charge on any atom is 0.312 e. The van der Waals surface area contributed by atoms with Crippen molar-refractivity contribution < 1.29 is 14.7 Å². The second-order valence-electron chi connectivity index (χ2n) is 14.7. The lowest BCUT2D eigenvalue weighted by Gasteiger charge is -2.59. The lowest BCUT2D eigenvalue weighted by Crippen LogP contribution is -2.57. The summed E-state index contributed by atoms with van der Waals surface area (Å²) in [4.78, 5) is 25.7. The van der Waals surface area contributed by atoms with Crippen molar-refractivity contribution in [2.24, 2.45) is 45.1 Å². The number of nitrogens with one attached hydrogen (secondary N) is 1. The van der Waals surface area contributed by atoms with Crippen LogP contribution in [0.5, 0.6) is 0 Å². The number of ketones is 1. The zero-order valence-corrected chi connectivity index (χ0v) is 23.3. The molecule has 0 aromatic rings. The van der Waals surface area contributed by atoms with Crippen LogP contribution in [-0.2, 0) is 4.79 Å². The Hall–Kier alpha value is -1.36. The topological polar surface area (TPSA) is 92.4 Å². The van der Waals surface area contributed by atoms with Crippen LogP contribution in [-0.4, -0.2) is 28.6 Å². The summed E-state index contributed by atoms with van der Waals surface area (Å²) < 4.78 is 0. The Morgan fingerprint density at radius 3 is 2.29 bits per heavy atom. The Bertz CT molecular complexity index is 911. The van der Waals surface area contributed by atoms with E-state index in [1.807, 2.05) is 0 Å². The summed E-state index contributed by atoms with van der Waals surface area (Å²) in [5.41, 5.74) is 6.41. The highest BCUT2D eigenvalue weighted by molar-refractivity contribution is 5.91. The highest BCUT2D eigenvalue weighted by atomic mass is 16.3. The van der Waals surface area contributed by atoms with E-state index < -0.39 is 6.03 Å². The number of carbonyl (C=O) groups excluding carboxylic acids is 2. The number of hydrogen-bond donors (Lipinski definition) is 3. The van der Waals surface area contributed by atoms with E-state index in [9.17, 15) is 14.7 Å². The fraction of sp³-hybridized carbons (Fsp3) is 0.867. The molecule has 4 N–H and O–H groups in total. The summed E-state index contributed by atoms with van der Waals surface area (Å²) in [6.07, 6.45) is 11.2. The van der Waals surface area contributed by atoms with Crippen molar-refractivity contribution >= 4 is 11.8 Å². The molecular weight excluding hydrogens is 436 g/mol. The number of amides is 2. The summed E-state index contributed by atoms with van der Waals surface area (Å²) in [6, 6.07) is -0.458. The van der Waals surface area contributed by atoms with Gasteiger partial charge >= 0.3 is 6.03 Å². The van der Waals surface area contributed by atoms with Crippen molar-refractivity contribution in [3.8, 4) is 0 Å². The van der Waals surface area contributed by atoms with Crippen LogP contribution in [0.2, 0.25) is 0 Å². The first-order valence-corrected chi connectivity index (χ1v) is 14.1. The highest BCUT2D eigenvalue weighted by Gasteiger charge is 2.56. The molecule has 3 fully saturated rings. The number of nitrogens with two attached hydrogens (primary N) is 1. The third-order valence-corrected chi connectivity index (χ3v) is 11.9. The van der Waals surface area contributed by atoms with Gasteiger partial charge in [0.25, 0.3) is 0 Å². The monoisotopic (exact) mass is 486 g/mol. The number of hydrogen-bond acceptors (Lipinski definition) is 3. The average Bonchev–Trinajstić information content (AvgIpc) is 2.73. The smallest absolute Gasteiger partial charge is 0.312 e. The second kappa shape index (κ2) is 8.60. The Labute approximate surface area is 213 Å². The van der Waals surface area contributed by atoms with E-state index in [-0.39, 0.29) is 45.0 Å². The lowest BCUT2D eigenvalue weighted by molar-refractivity contribution is -0.129. The maximum atomic E-state index is 13.8. The van der Waals surface area contributed by atoms with Gasteiger partial charge in [-0.05, 0) is 110 Å². The normalized spacial score (nSPS) is 48.0. The molecule has 5 heteroatoms. The predicted octanol–water partition coefficient (Wildman–Crippen LogP) is 6.14. The van der Waals surface area contributed by atoms with Crippen molar-refractivity contribution in [3.05, 3.63) is 11.6 Å². The van der Waals surface area contributed by atoms with Crippen molar-refractivity contribution in [2.45, 2.75) is 124 Å². The molecule has 0 saturated heterocycles. The van der Waals surface area contributed by atoms with Crippen LogP contribution in [0.15, 0.2) is 11.6 Å². The highest BCUT2D eigenvalue weighted by Crippen LogP contribution is 2.63. The van der Waals surface area contributed by atoms with Crippen molar-refractivity contribution in [1.29, 1.82) is 0 Å². The lowest BCUT2D eigenvalue weighted by atomic mass is 9.46. The molecule has 2 amide bonds. The molecule has 4 rings (SSSR count). The van der Waals surface area contributed by atoms with Crippen molar-refractivity contribution in [3.63, 3.8) is 0 Å². The van der Waals surface area contributed by atoms with E-state index in [4.69, 9.17) is 5.73 Å². The van der Waals surface area contributed by atoms with Gasteiger partial charge in [0.15, 0.2) is 5.78 Å². The molecule has 8 atom stereocenters. The maximum absolute atomic E-state index is 13.8. The van der Waals surface area contributed by atoms with Gasteiger partial charge in [-0.2, -0.15) is 0 Å². The number of primary amides is 1. The molecule has 0 aromatic carbocycles. The minimum Gasteiger partial charge on any atom is -0.393 e. The molecule has 8 unspecified atom stereocenters. The Kier molecular flexibility index (Phi) is 6.56. The fourth-order valence-corrected chi connectivity index (χ4v) is 9.05. The van der Waals surface area contributed by atoms with E-state index in [0.717, 1.165) is 57.8 Å². The minimum atomic E-state index is -0.458. The summed E-state index contributed by atoms with van der Waals surface area (Å²) >= 11 is 0. The van der Waals surface area contributed by atoms with Gasteiger partial charge in [0, 0.05) is 12.0 Å². The van der Waals surface area contributed by atoms with E-state index in [2.05, 4.69) is 59.9 Å². The van der Waals surface area contributed by atoms with Gasteiger partial charge in [0.05, 0.1) is 6.10 Å². The zero-order valence-electron chi connectivity index (χ0n) is 23.3. The van der Waals surface area contributed by atoms with Crippen LogP contribution in [0.1, 0.15) is 113 Å². The first-order valence-electron chi connectivity index (χ1n) is 14.1. The number of rotatable bonds is 1. The molecule has 5 nitrogen and oxygen atoms in total. The van der Waals surface area contributed by atoms with E-state index >= 15 is 0 Å². The van der Waals surface area contributed by atoms with Crippen LogP contribution in [0.25, 0.3) is 0 Å². The number of urea groups is 1. The molecular formula is C30H50N2O3. The summed E-state index contributed by atoms with van der Waals surface area (Å²) in [5, 5.41) is 13.9. The molecule has 4 aliphatic rings. The van der Waals surface area contributed by atoms with Crippen LogP contribution >= 0.6 is 0 Å². The van der Waals surface area contributed by atoms with Crippen LogP contribution in [0, 0.1) is 39.4 Å². The SMILES string of the molecule is CC1CCC2C(C)(CCC(O)C2(C)C)CC(=O)C=C2C3CC(C)(NC(N)=O)CCC3(C)CCC21C. The van der Waals surface area contributed by atoms with Gasteiger partial charge in [0.1, 0.15) is 0 Å². The molecule has 198 valence electrons. The van der Waals surface area contributed by atoms with Gasteiger partial charge in [-0.1, -0.05) is 47.1 Å². The number of aliphatic hydroxyl groups is 1. The first-order chi connectivity index (χ1) is 16.0. The summed E-state index contributed by atoms with van der Waals surface area (Å²) in [5.74, 6) is 1.29. The summed E-state index contributed by atoms with van der Waals surface area (Å²) in [7, 11) is 0. The van der Waals surface area contributed by atoms with Crippen LogP contribution in [0.3, 0.4) is 0 Å².